The number of allylic oxidation sites excluding steroid dienone is 1. The van der Waals surface area contributed by atoms with E-state index in [0.717, 1.165) is 19.3 Å². The van der Waals surface area contributed by atoms with Crippen LogP contribution in [0.5, 0.6) is 0 Å². The Bertz CT molecular complexity index is 267. The molecule has 0 aromatic heterocycles. The van der Waals surface area contributed by atoms with Crippen molar-refractivity contribution in [1.82, 2.24) is 0 Å². The van der Waals surface area contributed by atoms with Gasteiger partial charge < -0.3 is 4.74 Å². The smallest absolute Gasteiger partial charge is 0.303 e. The van der Waals surface area contributed by atoms with E-state index in [4.69, 9.17) is 4.74 Å². The van der Waals surface area contributed by atoms with E-state index in [1.54, 1.807) is 0 Å². The monoisotopic (exact) mass is 180 g/mol. The number of fused-ring (bicyclic) bond motifs is 2. The van der Waals surface area contributed by atoms with Gasteiger partial charge in [-0.25, -0.2) is 0 Å². The summed E-state index contributed by atoms with van der Waals surface area (Å²) in [5, 5.41) is 0. The summed E-state index contributed by atoms with van der Waals surface area (Å²) >= 11 is 0. The topological polar surface area (TPSA) is 26.3 Å². The molecule has 0 saturated heterocycles. The lowest BCUT2D eigenvalue weighted by atomic mass is 9.91. The molecule has 1 fully saturated rings. The summed E-state index contributed by atoms with van der Waals surface area (Å²) in [5.74, 6) is 0.538. The molecule has 0 N–H and O–H groups in total. The quantitative estimate of drug-likeness (QED) is 0.482. The average molecular weight is 180 g/mol. The Labute approximate surface area is 79.0 Å². The van der Waals surface area contributed by atoms with Crippen molar-refractivity contribution in [2.24, 2.45) is 5.92 Å². The van der Waals surface area contributed by atoms with Gasteiger partial charge in [0.25, 0.3) is 0 Å². The van der Waals surface area contributed by atoms with Gasteiger partial charge in [0.15, 0.2) is 0 Å². The minimum atomic E-state index is -0.189. The number of carbonyl (C=O) groups is 1. The van der Waals surface area contributed by atoms with Crippen molar-refractivity contribution >= 4 is 5.97 Å². The normalized spacial score (nSPS) is 36.2. The second-order valence-corrected chi connectivity index (χ2v) is 4.14. The number of hydrogen-bond acceptors (Lipinski definition) is 2. The third-order valence-electron chi connectivity index (χ3n) is 3.25. The first-order chi connectivity index (χ1) is 6.16. The summed E-state index contributed by atoms with van der Waals surface area (Å²) in [6.45, 7) is 3.64. The molecule has 1 saturated carbocycles. The van der Waals surface area contributed by atoms with Crippen molar-refractivity contribution < 1.29 is 9.53 Å². The molecule has 0 aromatic carbocycles. The van der Waals surface area contributed by atoms with Gasteiger partial charge in [0.05, 0.1) is 0 Å². The van der Waals surface area contributed by atoms with E-state index in [0.29, 0.717) is 5.92 Å². The maximum absolute atomic E-state index is 11.0. The second-order valence-electron chi connectivity index (χ2n) is 4.14. The Morgan fingerprint density at radius 1 is 1.77 bits per heavy atom. The van der Waals surface area contributed by atoms with Crippen molar-refractivity contribution in [1.29, 1.82) is 0 Å². The highest BCUT2D eigenvalue weighted by Crippen LogP contribution is 2.50. The maximum Gasteiger partial charge on any atom is 0.303 e. The van der Waals surface area contributed by atoms with Crippen LogP contribution < -0.4 is 0 Å². The van der Waals surface area contributed by atoms with E-state index in [2.05, 4.69) is 13.0 Å². The molecule has 0 radical (unpaired) electrons. The Balaban J connectivity index is 2.21. The van der Waals surface area contributed by atoms with E-state index in [1.807, 2.05) is 0 Å². The standard InChI is InChI=1S/C11H16O2/c1-3-10-6-9-4-5-11(10,7-9)13-8(2)12/h6,9H,3-5,7H2,1-2H3. The molecule has 2 aliphatic rings. The molecule has 2 heteroatoms. The number of carbonyl (C=O) groups excluding carboxylic acids is 1. The largest absolute Gasteiger partial charge is 0.455 e. The van der Waals surface area contributed by atoms with Crippen LogP contribution in [0, 0.1) is 5.92 Å². The predicted octanol–water partition coefficient (Wildman–Crippen LogP) is 2.44. The van der Waals surface area contributed by atoms with Gasteiger partial charge in [-0.3, -0.25) is 4.79 Å². The first kappa shape index (κ1) is 8.79. The molecule has 2 atom stereocenters. The number of esters is 1. The first-order valence-corrected chi connectivity index (χ1v) is 5.07. The molecule has 2 rings (SSSR count). The van der Waals surface area contributed by atoms with Crippen LogP contribution in [0.25, 0.3) is 0 Å². The maximum atomic E-state index is 11.0. The van der Waals surface area contributed by atoms with Gasteiger partial charge in [0.1, 0.15) is 5.60 Å². The zero-order valence-corrected chi connectivity index (χ0v) is 8.30. The first-order valence-electron chi connectivity index (χ1n) is 5.07. The zero-order valence-electron chi connectivity index (χ0n) is 8.30. The van der Waals surface area contributed by atoms with Crippen LogP contribution in [0.1, 0.15) is 39.5 Å². The third kappa shape index (κ3) is 1.28. The average Bonchev–Trinajstić information content (AvgIpc) is 2.58. The van der Waals surface area contributed by atoms with Crippen molar-refractivity contribution in [3.05, 3.63) is 11.6 Å². The molecule has 0 spiro atoms. The van der Waals surface area contributed by atoms with Crippen LogP contribution in [-0.4, -0.2) is 11.6 Å². The Kier molecular flexibility index (Phi) is 1.94. The number of ether oxygens (including phenoxy) is 1. The molecule has 2 aliphatic carbocycles. The molecule has 2 nitrogen and oxygen atoms in total. The van der Waals surface area contributed by atoms with Crippen LogP contribution in [0.4, 0.5) is 0 Å². The van der Waals surface area contributed by atoms with Gasteiger partial charge in [-0.1, -0.05) is 13.0 Å². The van der Waals surface area contributed by atoms with Gasteiger partial charge in [0.2, 0.25) is 0 Å². The highest BCUT2D eigenvalue weighted by Gasteiger charge is 2.48. The fourth-order valence-corrected chi connectivity index (χ4v) is 2.79. The third-order valence-corrected chi connectivity index (χ3v) is 3.25. The minimum Gasteiger partial charge on any atom is -0.455 e. The summed E-state index contributed by atoms with van der Waals surface area (Å²) in [7, 11) is 0. The lowest BCUT2D eigenvalue weighted by molar-refractivity contribution is -0.152. The summed E-state index contributed by atoms with van der Waals surface area (Å²) in [4.78, 5) is 11.0. The summed E-state index contributed by atoms with van der Waals surface area (Å²) in [6.07, 6.45) is 6.60. The van der Waals surface area contributed by atoms with Crippen LogP contribution in [0.15, 0.2) is 11.6 Å². The van der Waals surface area contributed by atoms with E-state index in [-0.39, 0.29) is 11.6 Å². The van der Waals surface area contributed by atoms with Crippen LogP contribution in [0.3, 0.4) is 0 Å². The molecule has 0 aromatic rings. The predicted molar refractivity (Wildman–Crippen MR) is 50.2 cm³/mol. The van der Waals surface area contributed by atoms with E-state index >= 15 is 0 Å². The molecular formula is C11H16O2. The second kappa shape index (κ2) is 2.86. The van der Waals surface area contributed by atoms with Crippen molar-refractivity contribution in [2.45, 2.75) is 45.1 Å². The highest BCUT2D eigenvalue weighted by molar-refractivity contribution is 5.67. The minimum absolute atomic E-state index is 0.137. The van der Waals surface area contributed by atoms with Gasteiger partial charge in [-0.15, -0.1) is 0 Å². The van der Waals surface area contributed by atoms with Crippen LogP contribution >= 0.6 is 0 Å². The summed E-state index contributed by atoms with van der Waals surface area (Å²) in [6, 6.07) is 0. The van der Waals surface area contributed by atoms with Gasteiger partial charge in [0, 0.05) is 6.92 Å². The molecular weight excluding hydrogens is 164 g/mol. The highest BCUT2D eigenvalue weighted by atomic mass is 16.6. The number of hydrogen-bond donors (Lipinski definition) is 0. The van der Waals surface area contributed by atoms with Crippen LogP contribution in [0.2, 0.25) is 0 Å². The lowest BCUT2D eigenvalue weighted by Gasteiger charge is -2.29. The summed E-state index contributed by atoms with van der Waals surface area (Å²) in [5.41, 5.74) is 1.16. The molecule has 0 aliphatic heterocycles. The van der Waals surface area contributed by atoms with Gasteiger partial charge in [-0.05, 0) is 37.2 Å². The molecule has 72 valence electrons. The molecule has 0 heterocycles. The summed E-state index contributed by atoms with van der Waals surface area (Å²) < 4.78 is 5.49. The SMILES string of the molecule is CCC1=CC2CCC1(OC(C)=O)C2. The molecule has 2 bridgehead atoms. The Hall–Kier alpha value is -0.790. The Morgan fingerprint density at radius 2 is 2.54 bits per heavy atom. The lowest BCUT2D eigenvalue weighted by Crippen LogP contribution is -2.31. The molecule has 13 heavy (non-hydrogen) atoms. The zero-order chi connectivity index (χ0) is 9.47. The Morgan fingerprint density at radius 3 is 3.08 bits per heavy atom. The van der Waals surface area contributed by atoms with E-state index < -0.39 is 0 Å². The van der Waals surface area contributed by atoms with Crippen LogP contribution in [-0.2, 0) is 9.53 Å². The van der Waals surface area contributed by atoms with E-state index in [1.165, 1.54) is 18.9 Å². The fourth-order valence-electron chi connectivity index (χ4n) is 2.79. The fraction of sp³-hybridized carbons (Fsp3) is 0.727. The number of rotatable bonds is 2. The van der Waals surface area contributed by atoms with Crippen molar-refractivity contribution in [2.75, 3.05) is 0 Å². The molecule has 0 amide bonds. The van der Waals surface area contributed by atoms with Gasteiger partial charge in [-0.2, -0.15) is 0 Å². The van der Waals surface area contributed by atoms with E-state index in [9.17, 15) is 4.79 Å². The van der Waals surface area contributed by atoms with Crippen molar-refractivity contribution in [3.63, 3.8) is 0 Å². The van der Waals surface area contributed by atoms with Crippen molar-refractivity contribution in [3.8, 4) is 0 Å². The molecule has 2 unspecified atom stereocenters. The van der Waals surface area contributed by atoms with Gasteiger partial charge >= 0.3 is 5.97 Å².